The van der Waals surface area contributed by atoms with Gasteiger partial charge in [0.1, 0.15) is 0 Å². The summed E-state index contributed by atoms with van der Waals surface area (Å²) in [6, 6.07) is 15.0. The molecule has 5 heteroatoms. The predicted molar refractivity (Wildman–Crippen MR) is 90.6 cm³/mol. The van der Waals surface area contributed by atoms with E-state index in [-0.39, 0.29) is 18.5 Å². The van der Waals surface area contributed by atoms with Gasteiger partial charge in [0, 0.05) is 19.1 Å². The Morgan fingerprint density at radius 1 is 1.22 bits per heavy atom. The number of aliphatic hydroxyl groups is 1. The van der Waals surface area contributed by atoms with Crippen molar-refractivity contribution in [2.45, 2.75) is 25.1 Å². The Morgan fingerprint density at radius 3 is 2.70 bits per heavy atom. The van der Waals surface area contributed by atoms with E-state index in [0.717, 1.165) is 13.0 Å². The molecule has 0 aromatic heterocycles. The number of hydrogen-bond acceptors (Lipinski definition) is 3. The van der Waals surface area contributed by atoms with Crippen molar-refractivity contribution < 1.29 is 9.90 Å². The van der Waals surface area contributed by atoms with Gasteiger partial charge in [0.25, 0.3) is 5.91 Å². The molecule has 0 radical (unpaired) electrons. The molecule has 1 heterocycles. The van der Waals surface area contributed by atoms with Crippen LogP contribution in [0.5, 0.6) is 0 Å². The topological polar surface area (TPSA) is 61.4 Å². The molecule has 3 rings (SSSR count). The smallest absolute Gasteiger partial charge is 0.252 e. The molecule has 0 spiro atoms. The minimum atomic E-state index is -0.658. The highest BCUT2D eigenvalue weighted by atomic mass is 35.5. The number of carbonyl (C=O) groups is 1. The summed E-state index contributed by atoms with van der Waals surface area (Å²) >= 11 is 6.00. The van der Waals surface area contributed by atoms with Gasteiger partial charge in [-0.15, -0.1) is 0 Å². The van der Waals surface area contributed by atoms with Crippen molar-refractivity contribution in [3.8, 4) is 0 Å². The summed E-state index contributed by atoms with van der Waals surface area (Å²) in [5.41, 5.74) is 2.92. The maximum Gasteiger partial charge on any atom is 0.252 e. The average Bonchev–Trinajstić information content (AvgIpc) is 2.59. The fraction of sp³-hybridized carbons (Fsp3) is 0.278. The van der Waals surface area contributed by atoms with Crippen LogP contribution in [0.3, 0.4) is 0 Å². The van der Waals surface area contributed by atoms with Gasteiger partial charge in [-0.1, -0.05) is 48.0 Å². The molecular formula is C18H19ClN2O2. The number of nitrogens with one attached hydrogen (secondary N) is 2. The molecule has 4 nitrogen and oxygen atoms in total. The molecule has 0 saturated carbocycles. The number of halogens is 1. The van der Waals surface area contributed by atoms with Gasteiger partial charge in [-0.05, 0) is 29.7 Å². The lowest BCUT2D eigenvalue weighted by molar-refractivity contribution is 0.0870. The van der Waals surface area contributed by atoms with Crippen LogP contribution in [0.4, 0.5) is 0 Å². The van der Waals surface area contributed by atoms with Crippen LogP contribution in [0.1, 0.15) is 21.5 Å². The van der Waals surface area contributed by atoms with E-state index in [2.05, 4.69) is 22.8 Å². The highest BCUT2D eigenvalue weighted by Crippen LogP contribution is 2.18. The van der Waals surface area contributed by atoms with Crippen LogP contribution in [-0.4, -0.2) is 29.7 Å². The summed E-state index contributed by atoms with van der Waals surface area (Å²) in [5.74, 6) is -0.272. The lowest BCUT2D eigenvalue weighted by atomic mass is 9.93. The lowest BCUT2D eigenvalue weighted by Gasteiger charge is -2.30. The van der Waals surface area contributed by atoms with Crippen molar-refractivity contribution in [3.63, 3.8) is 0 Å². The van der Waals surface area contributed by atoms with Crippen LogP contribution in [0.15, 0.2) is 48.5 Å². The van der Waals surface area contributed by atoms with E-state index >= 15 is 0 Å². The Kier molecular flexibility index (Phi) is 4.96. The largest absolute Gasteiger partial charge is 0.390 e. The molecular weight excluding hydrogens is 312 g/mol. The van der Waals surface area contributed by atoms with Gasteiger partial charge in [0.2, 0.25) is 0 Å². The maximum absolute atomic E-state index is 12.1. The third kappa shape index (κ3) is 3.72. The third-order valence-electron chi connectivity index (χ3n) is 4.17. The molecule has 2 aromatic carbocycles. The summed E-state index contributed by atoms with van der Waals surface area (Å²) in [4.78, 5) is 12.1. The first-order chi connectivity index (χ1) is 11.1. The molecule has 2 unspecified atom stereocenters. The highest BCUT2D eigenvalue weighted by molar-refractivity contribution is 6.33. The number of hydrogen-bond donors (Lipinski definition) is 3. The van der Waals surface area contributed by atoms with Crippen LogP contribution in [0.2, 0.25) is 5.02 Å². The summed E-state index contributed by atoms with van der Waals surface area (Å²) in [5, 5.41) is 16.8. The molecule has 3 N–H and O–H groups in total. The van der Waals surface area contributed by atoms with Gasteiger partial charge in [0.15, 0.2) is 0 Å². The second-order valence-corrected chi connectivity index (χ2v) is 6.12. The SMILES string of the molecule is O=C(NCC(O)C1Cc2ccccc2CN1)c1ccccc1Cl. The Balaban J connectivity index is 1.57. The van der Waals surface area contributed by atoms with E-state index in [1.807, 2.05) is 12.1 Å². The van der Waals surface area contributed by atoms with E-state index in [9.17, 15) is 9.90 Å². The standard InChI is InChI=1S/C18H19ClN2O2/c19-15-8-4-3-7-14(15)18(23)21-11-17(22)16-9-12-5-1-2-6-13(12)10-20-16/h1-8,16-17,20,22H,9-11H2,(H,21,23). The fourth-order valence-electron chi connectivity index (χ4n) is 2.83. The molecule has 2 atom stereocenters. The van der Waals surface area contributed by atoms with Gasteiger partial charge in [-0.3, -0.25) is 4.79 Å². The first-order valence-corrected chi connectivity index (χ1v) is 8.04. The van der Waals surface area contributed by atoms with Crippen molar-refractivity contribution in [2.24, 2.45) is 0 Å². The van der Waals surface area contributed by atoms with Gasteiger partial charge in [-0.2, -0.15) is 0 Å². The number of rotatable bonds is 4. The third-order valence-corrected chi connectivity index (χ3v) is 4.50. The summed E-state index contributed by atoms with van der Waals surface area (Å²) < 4.78 is 0. The number of carbonyl (C=O) groups excluding carboxylic acids is 1. The molecule has 0 saturated heterocycles. The Morgan fingerprint density at radius 2 is 1.91 bits per heavy atom. The summed E-state index contributed by atoms with van der Waals surface area (Å²) in [6.07, 6.45) is 0.0917. The number of benzene rings is 2. The van der Waals surface area contributed by atoms with Crippen molar-refractivity contribution in [1.82, 2.24) is 10.6 Å². The Bertz CT molecular complexity index is 705. The van der Waals surface area contributed by atoms with E-state index in [1.54, 1.807) is 24.3 Å². The average molecular weight is 331 g/mol. The van der Waals surface area contributed by atoms with E-state index in [0.29, 0.717) is 10.6 Å². The van der Waals surface area contributed by atoms with E-state index in [1.165, 1.54) is 11.1 Å². The van der Waals surface area contributed by atoms with Crippen LogP contribution in [0.25, 0.3) is 0 Å². The van der Waals surface area contributed by atoms with Gasteiger partial charge in [0.05, 0.1) is 16.7 Å². The van der Waals surface area contributed by atoms with E-state index in [4.69, 9.17) is 11.6 Å². The molecule has 2 aromatic rings. The number of amides is 1. The number of fused-ring (bicyclic) bond motifs is 1. The molecule has 1 aliphatic rings. The highest BCUT2D eigenvalue weighted by Gasteiger charge is 2.24. The zero-order valence-electron chi connectivity index (χ0n) is 12.6. The van der Waals surface area contributed by atoms with Gasteiger partial charge in [-0.25, -0.2) is 0 Å². The molecule has 23 heavy (non-hydrogen) atoms. The quantitative estimate of drug-likeness (QED) is 0.805. The minimum Gasteiger partial charge on any atom is -0.390 e. The second-order valence-electron chi connectivity index (χ2n) is 5.72. The molecule has 1 aliphatic heterocycles. The van der Waals surface area contributed by atoms with Crippen molar-refractivity contribution in [3.05, 3.63) is 70.2 Å². The Hall–Kier alpha value is -1.88. The molecule has 0 bridgehead atoms. The van der Waals surface area contributed by atoms with E-state index < -0.39 is 6.10 Å². The normalized spacial score (nSPS) is 18.1. The molecule has 120 valence electrons. The molecule has 0 aliphatic carbocycles. The zero-order chi connectivity index (χ0) is 16.2. The van der Waals surface area contributed by atoms with Crippen LogP contribution in [-0.2, 0) is 13.0 Å². The van der Waals surface area contributed by atoms with Crippen molar-refractivity contribution >= 4 is 17.5 Å². The minimum absolute atomic E-state index is 0.0727. The summed E-state index contributed by atoms with van der Waals surface area (Å²) in [7, 11) is 0. The van der Waals surface area contributed by atoms with Crippen LogP contribution >= 0.6 is 11.6 Å². The van der Waals surface area contributed by atoms with Crippen molar-refractivity contribution in [1.29, 1.82) is 0 Å². The predicted octanol–water partition coefficient (Wildman–Crippen LogP) is 2.15. The maximum atomic E-state index is 12.1. The monoisotopic (exact) mass is 330 g/mol. The molecule has 0 fully saturated rings. The van der Waals surface area contributed by atoms with Crippen LogP contribution in [0, 0.1) is 0 Å². The summed E-state index contributed by atoms with van der Waals surface area (Å²) in [6.45, 7) is 0.917. The van der Waals surface area contributed by atoms with Gasteiger partial charge < -0.3 is 15.7 Å². The first kappa shape index (κ1) is 16.0. The second kappa shape index (κ2) is 7.13. The molecule has 1 amide bonds. The fourth-order valence-corrected chi connectivity index (χ4v) is 3.05. The van der Waals surface area contributed by atoms with Gasteiger partial charge >= 0.3 is 0 Å². The lowest BCUT2D eigenvalue weighted by Crippen LogP contribution is -2.49. The first-order valence-electron chi connectivity index (χ1n) is 7.66. The van der Waals surface area contributed by atoms with Crippen LogP contribution < -0.4 is 10.6 Å². The Labute approximate surface area is 140 Å². The number of aliphatic hydroxyl groups excluding tert-OH is 1. The van der Waals surface area contributed by atoms with Crippen molar-refractivity contribution in [2.75, 3.05) is 6.54 Å². The zero-order valence-corrected chi connectivity index (χ0v) is 13.4.